The Labute approximate surface area is 185 Å². The highest BCUT2D eigenvalue weighted by Gasteiger charge is 2.28. The van der Waals surface area contributed by atoms with Crippen LogP contribution in [0.15, 0.2) is 29.2 Å². The van der Waals surface area contributed by atoms with Crippen molar-refractivity contribution in [3.05, 3.63) is 29.8 Å². The third-order valence-electron chi connectivity index (χ3n) is 6.57. The molecule has 9 heteroatoms. The van der Waals surface area contributed by atoms with Gasteiger partial charge in [0.1, 0.15) is 0 Å². The molecule has 0 bridgehead atoms. The van der Waals surface area contributed by atoms with Crippen LogP contribution in [0.2, 0.25) is 0 Å². The fourth-order valence-corrected chi connectivity index (χ4v) is 5.91. The van der Waals surface area contributed by atoms with Gasteiger partial charge in [-0.2, -0.15) is 4.31 Å². The predicted molar refractivity (Wildman–Crippen MR) is 117 cm³/mol. The van der Waals surface area contributed by atoms with Crippen molar-refractivity contribution in [1.82, 2.24) is 14.1 Å². The number of nitrogens with zero attached hydrogens (tertiary/aromatic N) is 3. The van der Waals surface area contributed by atoms with Gasteiger partial charge in [-0.15, -0.1) is 0 Å². The Bertz CT molecular complexity index is 825. The van der Waals surface area contributed by atoms with Gasteiger partial charge in [0.2, 0.25) is 10.0 Å². The van der Waals surface area contributed by atoms with Gasteiger partial charge in [-0.3, -0.25) is 9.69 Å². The minimum atomic E-state index is -3.54. The Balaban J connectivity index is 1.28. The van der Waals surface area contributed by atoms with E-state index in [4.69, 9.17) is 9.47 Å². The normalized spacial score (nSPS) is 22.5. The fourth-order valence-electron chi connectivity index (χ4n) is 4.50. The lowest BCUT2D eigenvalue weighted by molar-refractivity contribution is 0.0332. The molecular formula is C22H33N3O5S. The zero-order valence-electron chi connectivity index (χ0n) is 18.1. The molecular weight excluding hydrogens is 418 g/mol. The van der Waals surface area contributed by atoms with E-state index in [2.05, 4.69) is 4.90 Å². The second-order valence-corrected chi connectivity index (χ2v) is 10.5. The smallest absolute Gasteiger partial charge is 0.253 e. The standard InChI is InChI=1S/C22H33N3O5S/c26-22(24-9-6-19(7-10-24)5-8-23-11-15-29-16-12-23)20-1-3-21(4-2-20)31(27,28)25-13-17-30-18-14-25/h1-4,19H,5-18H2. The summed E-state index contributed by atoms with van der Waals surface area (Å²) in [5.41, 5.74) is 0.549. The molecule has 3 aliphatic heterocycles. The molecule has 3 heterocycles. The number of amides is 1. The molecule has 0 aromatic heterocycles. The summed E-state index contributed by atoms with van der Waals surface area (Å²) in [4.78, 5) is 17.5. The Morgan fingerprint density at radius 3 is 2.06 bits per heavy atom. The summed E-state index contributed by atoms with van der Waals surface area (Å²) in [7, 11) is -3.54. The first-order chi connectivity index (χ1) is 15.0. The number of likely N-dealkylation sites (tertiary alicyclic amines) is 1. The molecule has 0 N–H and O–H groups in total. The Hall–Kier alpha value is -1.52. The number of sulfonamides is 1. The van der Waals surface area contributed by atoms with E-state index in [-0.39, 0.29) is 10.8 Å². The van der Waals surface area contributed by atoms with Crippen LogP contribution in [0.1, 0.15) is 29.6 Å². The zero-order valence-corrected chi connectivity index (χ0v) is 18.9. The maximum atomic E-state index is 12.9. The average Bonchev–Trinajstić information content (AvgIpc) is 2.84. The number of carbonyl (C=O) groups is 1. The maximum absolute atomic E-state index is 12.9. The van der Waals surface area contributed by atoms with E-state index in [1.54, 1.807) is 24.3 Å². The van der Waals surface area contributed by atoms with Gasteiger partial charge in [0.25, 0.3) is 5.91 Å². The molecule has 0 spiro atoms. The topological polar surface area (TPSA) is 79.4 Å². The van der Waals surface area contributed by atoms with E-state index in [0.717, 1.165) is 58.8 Å². The molecule has 1 aromatic rings. The lowest BCUT2D eigenvalue weighted by Crippen LogP contribution is -2.41. The van der Waals surface area contributed by atoms with E-state index >= 15 is 0 Å². The van der Waals surface area contributed by atoms with E-state index < -0.39 is 10.0 Å². The molecule has 3 saturated heterocycles. The first kappa shape index (κ1) is 22.7. The molecule has 0 aliphatic carbocycles. The number of piperidine rings is 1. The van der Waals surface area contributed by atoms with Crippen LogP contribution in [0.25, 0.3) is 0 Å². The zero-order chi connectivity index (χ0) is 21.7. The minimum absolute atomic E-state index is 0.0121. The number of hydrogen-bond acceptors (Lipinski definition) is 6. The van der Waals surface area contributed by atoms with E-state index in [1.165, 1.54) is 10.7 Å². The Kier molecular flexibility index (Phi) is 7.60. The van der Waals surface area contributed by atoms with Crippen molar-refractivity contribution >= 4 is 15.9 Å². The van der Waals surface area contributed by atoms with Crippen LogP contribution in [0.4, 0.5) is 0 Å². The largest absolute Gasteiger partial charge is 0.379 e. The number of rotatable bonds is 6. The van der Waals surface area contributed by atoms with Gasteiger partial charge in [-0.25, -0.2) is 8.42 Å². The van der Waals surface area contributed by atoms with Crippen LogP contribution in [0.3, 0.4) is 0 Å². The second-order valence-electron chi connectivity index (χ2n) is 8.52. The molecule has 1 amide bonds. The molecule has 0 radical (unpaired) electrons. The highest BCUT2D eigenvalue weighted by atomic mass is 32.2. The van der Waals surface area contributed by atoms with Crippen LogP contribution in [-0.2, 0) is 19.5 Å². The Morgan fingerprint density at radius 2 is 1.45 bits per heavy atom. The van der Waals surface area contributed by atoms with Crippen LogP contribution in [-0.4, -0.2) is 101 Å². The summed E-state index contributed by atoms with van der Waals surface area (Å²) >= 11 is 0. The summed E-state index contributed by atoms with van der Waals surface area (Å²) in [5.74, 6) is 0.648. The first-order valence-electron chi connectivity index (χ1n) is 11.3. The van der Waals surface area contributed by atoms with Crippen LogP contribution >= 0.6 is 0 Å². The van der Waals surface area contributed by atoms with Gasteiger partial charge < -0.3 is 14.4 Å². The summed E-state index contributed by atoms with van der Waals surface area (Å²) in [6, 6.07) is 6.38. The van der Waals surface area contributed by atoms with Crippen molar-refractivity contribution in [3.8, 4) is 0 Å². The first-order valence-corrected chi connectivity index (χ1v) is 12.8. The van der Waals surface area contributed by atoms with Gasteiger partial charge in [0, 0.05) is 44.8 Å². The van der Waals surface area contributed by atoms with Gasteiger partial charge in [0.05, 0.1) is 31.3 Å². The Morgan fingerprint density at radius 1 is 0.871 bits per heavy atom. The van der Waals surface area contributed by atoms with Crippen molar-refractivity contribution < 1.29 is 22.7 Å². The van der Waals surface area contributed by atoms with Gasteiger partial charge in [-0.05, 0) is 56.0 Å². The molecule has 3 aliphatic rings. The molecule has 4 rings (SSSR count). The van der Waals surface area contributed by atoms with Crippen molar-refractivity contribution in [2.75, 3.05) is 72.2 Å². The molecule has 31 heavy (non-hydrogen) atoms. The highest BCUT2D eigenvalue weighted by molar-refractivity contribution is 7.89. The molecule has 0 saturated carbocycles. The monoisotopic (exact) mass is 451 g/mol. The average molecular weight is 452 g/mol. The number of carbonyl (C=O) groups excluding carboxylic acids is 1. The molecule has 3 fully saturated rings. The van der Waals surface area contributed by atoms with Gasteiger partial charge >= 0.3 is 0 Å². The van der Waals surface area contributed by atoms with Crippen LogP contribution < -0.4 is 0 Å². The van der Waals surface area contributed by atoms with E-state index in [0.29, 0.717) is 37.8 Å². The van der Waals surface area contributed by atoms with Crippen LogP contribution in [0.5, 0.6) is 0 Å². The van der Waals surface area contributed by atoms with Crippen molar-refractivity contribution in [1.29, 1.82) is 0 Å². The van der Waals surface area contributed by atoms with Gasteiger partial charge in [0.15, 0.2) is 0 Å². The number of ether oxygens (including phenoxy) is 2. The summed E-state index contributed by atoms with van der Waals surface area (Å²) in [6.45, 7) is 7.91. The summed E-state index contributed by atoms with van der Waals surface area (Å²) in [6.07, 6.45) is 3.23. The summed E-state index contributed by atoms with van der Waals surface area (Å²) in [5, 5.41) is 0. The lowest BCUT2D eigenvalue weighted by atomic mass is 9.93. The highest BCUT2D eigenvalue weighted by Crippen LogP contribution is 2.23. The second kappa shape index (κ2) is 10.4. The third kappa shape index (κ3) is 5.64. The van der Waals surface area contributed by atoms with E-state index in [9.17, 15) is 13.2 Å². The maximum Gasteiger partial charge on any atom is 0.253 e. The number of hydrogen-bond donors (Lipinski definition) is 0. The summed E-state index contributed by atoms with van der Waals surface area (Å²) < 4.78 is 37.6. The molecule has 172 valence electrons. The predicted octanol–water partition coefficient (Wildman–Crippen LogP) is 1.28. The van der Waals surface area contributed by atoms with Crippen molar-refractivity contribution in [2.45, 2.75) is 24.2 Å². The fraction of sp³-hybridized carbons (Fsp3) is 0.682. The third-order valence-corrected chi connectivity index (χ3v) is 8.48. The number of benzene rings is 1. The van der Waals surface area contributed by atoms with Gasteiger partial charge in [-0.1, -0.05) is 0 Å². The minimum Gasteiger partial charge on any atom is -0.379 e. The number of morpholine rings is 2. The van der Waals surface area contributed by atoms with Crippen LogP contribution in [0, 0.1) is 5.92 Å². The SMILES string of the molecule is O=C(c1ccc(S(=O)(=O)N2CCOCC2)cc1)N1CCC(CCN2CCOCC2)CC1. The quantitative estimate of drug-likeness (QED) is 0.648. The van der Waals surface area contributed by atoms with Crippen molar-refractivity contribution in [3.63, 3.8) is 0 Å². The molecule has 8 nitrogen and oxygen atoms in total. The van der Waals surface area contributed by atoms with Crippen molar-refractivity contribution in [2.24, 2.45) is 5.92 Å². The lowest BCUT2D eigenvalue weighted by Gasteiger charge is -2.34. The van der Waals surface area contributed by atoms with E-state index in [1.807, 2.05) is 4.90 Å². The molecule has 0 unspecified atom stereocenters. The molecule has 1 aromatic carbocycles. The molecule has 0 atom stereocenters.